The SMILES string of the molecule is CCc1cnn(-c2ncccc2Br)c1. The summed E-state index contributed by atoms with van der Waals surface area (Å²) in [5.41, 5.74) is 1.21. The third kappa shape index (κ3) is 1.70. The van der Waals surface area contributed by atoms with Gasteiger partial charge in [-0.2, -0.15) is 5.10 Å². The number of aryl methyl sites for hydroxylation is 1. The normalized spacial score (nSPS) is 10.4. The molecule has 72 valence electrons. The predicted octanol–water partition coefficient (Wildman–Crippen LogP) is 2.59. The Kier molecular flexibility index (Phi) is 2.63. The van der Waals surface area contributed by atoms with E-state index in [1.807, 2.05) is 24.5 Å². The van der Waals surface area contributed by atoms with E-state index in [2.05, 4.69) is 32.9 Å². The van der Waals surface area contributed by atoms with E-state index in [4.69, 9.17) is 0 Å². The van der Waals surface area contributed by atoms with Crippen molar-refractivity contribution in [1.82, 2.24) is 14.8 Å². The molecular formula is C10H10BrN3. The first-order valence-corrected chi connectivity index (χ1v) is 5.25. The van der Waals surface area contributed by atoms with Crippen molar-refractivity contribution in [1.29, 1.82) is 0 Å². The van der Waals surface area contributed by atoms with Gasteiger partial charge in [-0.25, -0.2) is 9.67 Å². The lowest BCUT2D eigenvalue weighted by Crippen LogP contribution is -1.98. The van der Waals surface area contributed by atoms with Crippen molar-refractivity contribution in [2.24, 2.45) is 0 Å². The molecule has 4 heteroatoms. The van der Waals surface area contributed by atoms with Gasteiger partial charge in [-0.3, -0.25) is 0 Å². The molecule has 2 aromatic rings. The number of hydrogen-bond acceptors (Lipinski definition) is 2. The van der Waals surface area contributed by atoms with Gasteiger partial charge in [0.05, 0.1) is 10.7 Å². The highest BCUT2D eigenvalue weighted by Gasteiger charge is 2.03. The quantitative estimate of drug-likeness (QED) is 0.822. The molecule has 2 heterocycles. The lowest BCUT2D eigenvalue weighted by molar-refractivity contribution is 0.841. The molecule has 14 heavy (non-hydrogen) atoms. The molecule has 0 atom stereocenters. The molecule has 0 fully saturated rings. The highest BCUT2D eigenvalue weighted by atomic mass is 79.9. The third-order valence-electron chi connectivity index (χ3n) is 2.00. The van der Waals surface area contributed by atoms with Gasteiger partial charge < -0.3 is 0 Å². The van der Waals surface area contributed by atoms with Crippen LogP contribution >= 0.6 is 15.9 Å². The second-order valence-electron chi connectivity index (χ2n) is 2.96. The van der Waals surface area contributed by atoms with E-state index in [1.54, 1.807) is 10.9 Å². The van der Waals surface area contributed by atoms with Gasteiger partial charge in [0.1, 0.15) is 0 Å². The molecule has 0 N–H and O–H groups in total. The molecule has 0 saturated carbocycles. The Morgan fingerprint density at radius 3 is 3.00 bits per heavy atom. The van der Waals surface area contributed by atoms with Gasteiger partial charge in [-0.15, -0.1) is 0 Å². The molecule has 0 aliphatic heterocycles. The molecule has 0 amide bonds. The summed E-state index contributed by atoms with van der Waals surface area (Å²) in [6.45, 7) is 2.11. The molecule has 0 saturated heterocycles. The van der Waals surface area contributed by atoms with Crippen LogP contribution in [-0.4, -0.2) is 14.8 Å². The van der Waals surface area contributed by atoms with Crippen molar-refractivity contribution in [2.45, 2.75) is 13.3 Å². The third-order valence-corrected chi connectivity index (χ3v) is 2.62. The van der Waals surface area contributed by atoms with Crippen LogP contribution in [0.25, 0.3) is 5.82 Å². The smallest absolute Gasteiger partial charge is 0.167 e. The zero-order chi connectivity index (χ0) is 9.97. The average Bonchev–Trinajstić information content (AvgIpc) is 2.67. The Hall–Kier alpha value is -1.16. The van der Waals surface area contributed by atoms with E-state index in [0.717, 1.165) is 16.7 Å². The number of aromatic nitrogens is 3. The Labute approximate surface area is 90.9 Å². The second-order valence-corrected chi connectivity index (χ2v) is 3.81. The van der Waals surface area contributed by atoms with Gasteiger partial charge in [0.2, 0.25) is 0 Å². The molecule has 0 aromatic carbocycles. The topological polar surface area (TPSA) is 30.7 Å². The fourth-order valence-corrected chi connectivity index (χ4v) is 1.64. The van der Waals surface area contributed by atoms with Crippen LogP contribution in [0.3, 0.4) is 0 Å². The summed E-state index contributed by atoms with van der Waals surface area (Å²) in [7, 11) is 0. The van der Waals surface area contributed by atoms with Crippen molar-refractivity contribution < 1.29 is 0 Å². The van der Waals surface area contributed by atoms with Gasteiger partial charge in [-0.1, -0.05) is 6.92 Å². The molecule has 0 aliphatic rings. The minimum Gasteiger partial charge on any atom is -0.236 e. The predicted molar refractivity (Wildman–Crippen MR) is 58.4 cm³/mol. The molecule has 0 aliphatic carbocycles. The first kappa shape index (κ1) is 9.40. The van der Waals surface area contributed by atoms with Crippen molar-refractivity contribution in [3.8, 4) is 5.82 Å². The minimum absolute atomic E-state index is 0.826. The van der Waals surface area contributed by atoms with E-state index in [9.17, 15) is 0 Å². The van der Waals surface area contributed by atoms with Gasteiger partial charge in [0.25, 0.3) is 0 Å². The molecule has 2 aromatic heterocycles. The standard InChI is InChI=1S/C10H10BrN3/c1-2-8-6-13-14(7-8)10-9(11)4-3-5-12-10/h3-7H,2H2,1H3. The molecule has 0 spiro atoms. The monoisotopic (exact) mass is 251 g/mol. The molecule has 3 nitrogen and oxygen atoms in total. The van der Waals surface area contributed by atoms with Gasteiger partial charge in [0, 0.05) is 12.4 Å². The number of hydrogen-bond donors (Lipinski definition) is 0. The van der Waals surface area contributed by atoms with E-state index >= 15 is 0 Å². The maximum Gasteiger partial charge on any atom is 0.167 e. The summed E-state index contributed by atoms with van der Waals surface area (Å²) in [6.07, 6.45) is 6.60. The average molecular weight is 252 g/mol. The van der Waals surface area contributed by atoms with Crippen LogP contribution in [0.4, 0.5) is 0 Å². The fourth-order valence-electron chi connectivity index (χ4n) is 1.20. The van der Waals surface area contributed by atoms with Crippen molar-refractivity contribution in [3.63, 3.8) is 0 Å². The fraction of sp³-hybridized carbons (Fsp3) is 0.200. The number of rotatable bonds is 2. The van der Waals surface area contributed by atoms with E-state index in [1.165, 1.54) is 5.56 Å². The van der Waals surface area contributed by atoms with Gasteiger partial charge in [-0.05, 0) is 40.0 Å². The molecule has 0 unspecified atom stereocenters. The van der Waals surface area contributed by atoms with Crippen molar-refractivity contribution >= 4 is 15.9 Å². The highest BCUT2D eigenvalue weighted by molar-refractivity contribution is 9.10. The Bertz CT molecular complexity index is 436. The summed E-state index contributed by atoms with van der Waals surface area (Å²) in [6, 6.07) is 3.84. The summed E-state index contributed by atoms with van der Waals surface area (Å²) < 4.78 is 2.73. The van der Waals surface area contributed by atoms with E-state index in [-0.39, 0.29) is 0 Å². The largest absolute Gasteiger partial charge is 0.236 e. The Morgan fingerprint density at radius 1 is 1.50 bits per heavy atom. The van der Waals surface area contributed by atoms with E-state index in [0.29, 0.717) is 0 Å². The first-order chi connectivity index (χ1) is 6.81. The maximum absolute atomic E-state index is 4.25. The Balaban J connectivity index is 2.44. The molecule has 0 radical (unpaired) electrons. The summed E-state index contributed by atoms with van der Waals surface area (Å²) in [4.78, 5) is 4.25. The van der Waals surface area contributed by atoms with Crippen LogP contribution in [0, 0.1) is 0 Å². The van der Waals surface area contributed by atoms with Crippen LogP contribution in [0.15, 0.2) is 35.2 Å². The lowest BCUT2D eigenvalue weighted by Gasteiger charge is -2.01. The summed E-state index contributed by atoms with van der Waals surface area (Å²) >= 11 is 3.44. The number of halogens is 1. The van der Waals surface area contributed by atoms with Crippen LogP contribution in [0.1, 0.15) is 12.5 Å². The molecular weight excluding hydrogens is 242 g/mol. The van der Waals surface area contributed by atoms with E-state index < -0.39 is 0 Å². The number of nitrogens with zero attached hydrogens (tertiary/aromatic N) is 3. The maximum atomic E-state index is 4.25. The van der Waals surface area contributed by atoms with Crippen LogP contribution in [0.2, 0.25) is 0 Å². The second kappa shape index (κ2) is 3.92. The van der Waals surface area contributed by atoms with Gasteiger partial charge in [0.15, 0.2) is 5.82 Å². The van der Waals surface area contributed by atoms with Gasteiger partial charge >= 0.3 is 0 Å². The zero-order valence-corrected chi connectivity index (χ0v) is 9.40. The molecule has 0 bridgehead atoms. The lowest BCUT2D eigenvalue weighted by atomic mass is 10.3. The minimum atomic E-state index is 0.826. The number of pyridine rings is 1. The van der Waals surface area contributed by atoms with Crippen LogP contribution in [0.5, 0.6) is 0 Å². The Morgan fingerprint density at radius 2 is 2.36 bits per heavy atom. The highest BCUT2D eigenvalue weighted by Crippen LogP contribution is 2.17. The first-order valence-electron chi connectivity index (χ1n) is 4.45. The summed E-state index contributed by atoms with van der Waals surface area (Å²) in [5.74, 6) is 0.826. The van der Waals surface area contributed by atoms with Crippen LogP contribution in [-0.2, 0) is 6.42 Å². The molecule has 2 rings (SSSR count). The summed E-state index contributed by atoms with van der Waals surface area (Å²) in [5, 5.41) is 4.24. The van der Waals surface area contributed by atoms with Crippen LogP contribution < -0.4 is 0 Å². The van der Waals surface area contributed by atoms with Crippen molar-refractivity contribution in [2.75, 3.05) is 0 Å². The van der Waals surface area contributed by atoms with Crippen molar-refractivity contribution in [3.05, 3.63) is 40.8 Å². The zero-order valence-electron chi connectivity index (χ0n) is 7.81.